The third-order valence-corrected chi connectivity index (χ3v) is 4.62. The van der Waals surface area contributed by atoms with Crippen LogP contribution in [0.2, 0.25) is 0 Å². The topological polar surface area (TPSA) is 105 Å². The van der Waals surface area contributed by atoms with Crippen LogP contribution >= 0.6 is 0 Å². The Morgan fingerprint density at radius 1 is 1.03 bits per heavy atom. The number of halogens is 2. The van der Waals surface area contributed by atoms with E-state index in [1.165, 1.54) is 0 Å². The van der Waals surface area contributed by atoms with Crippen molar-refractivity contribution in [2.45, 2.75) is 12.6 Å². The smallest absolute Gasteiger partial charge is 0.410 e. The zero-order valence-electron chi connectivity index (χ0n) is 16.6. The first-order valence-corrected chi connectivity index (χ1v) is 9.69. The number of carbonyl (C=O) groups is 3. The van der Waals surface area contributed by atoms with Crippen LogP contribution in [0.4, 0.5) is 13.6 Å². The fourth-order valence-electron chi connectivity index (χ4n) is 3.29. The highest BCUT2D eigenvalue weighted by molar-refractivity contribution is 5.98. The van der Waals surface area contributed by atoms with Gasteiger partial charge in [0.2, 0.25) is 0 Å². The van der Waals surface area contributed by atoms with E-state index in [1.54, 1.807) is 30.3 Å². The van der Waals surface area contributed by atoms with Gasteiger partial charge in [-0.1, -0.05) is 18.2 Å². The Morgan fingerprint density at radius 3 is 2.32 bits per heavy atom. The van der Waals surface area contributed by atoms with Crippen molar-refractivity contribution in [3.63, 3.8) is 0 Å². The van der Waals surface area contributed by atoms with Crippen LogP contribution in [-0.2, 0) is 4.79 Å². The van der Waals surface area contributed by atoms with E-state index in [0.29, 0.717) is 12.5 Å². The van der Waals surface area contributed by atoms with E-state index in [2.05, 4.69) is 5.32 Å². The lowest BCUT2D eigenvalue weighted by atomic mass is 10.1. The van der Waals surface area contributed by atoms with E-state index in [4.69, 9.17) is 10.5 Å². The van der Waals surface area contributed by atoms with Gasteiger partial charge in [-0.3, -0.25) is 14.5 Å². The normalized spacial score (nSPS) is 16.0. The number of rotatable bonds is 5. The molecule has 10 heteroatoms. The van der Waals surface area contributed by atoms with Crippen LogP contribution in [0.25, 0.3) is 0 Å². The number of nitrogens with two attached hydrogens (primary N) is 1. The van der Waals surface area contributed by atoms with Crippen LogP contribution in [-0.4, -0.2) is 60.1 Å². The summed E-state index contributed by atoms with van der Waals surface area (Å²) in [6.45, 7) is 0.518. The van der Waals surface area contributed by atoms with Crippen molar-refractivity contribution in [1.29, 1.82) is 0 Å². The molecule has 2 aromatic carbocycles. The molecule has 1 heterocycles. The summed E-state index contributed by atoms with van der Waals surface area (Å²) in [5, 5.41) is 2.55. The molecule has 1 atom stereocenters. The number of nitrogens with one attached hydrogen (secondary N) is 1. The highest BCUT2D eigenvalue weighted by atomic mass is 19.1. The van der Waals surface area contributed by atoms with Gasteiger partial charge < -0.3 is 20.7 Å². The lowest BCUT2D eigenvalue weighted by Gasteiger charge is -2.41. The Kier molecular flexibility index (Phi) is 7.14. The number of hydrogen-bond donors (Lipinski definition) is 2. The summed E-state index contributed by atoms with van der Waals surface area (Å²) in [5.74, 6) is -3.03. The summed E-state index contributed by atoms with van der Waals surface area (Å²) in [5.41, 5.74) is 5.17. The molecule has 0 aliphatic carbocycles. The molecule has 1 saturated heterocycles. The number of carbonyl (C=O) groups excluding carboxylic acids is 3. The SMILES string of the molecule is NCCNC(=O)C1N(C(=O)Oc2ccccc2)CCCN1C(=O)c1cc(F)cc(F)c1. The molecule has 2 aromatic rings. The molecule has 1 aliphatic heterocycles. The number of ether oxygens (including phenoxy) is 1. The Labute approximate surface area is 177 Å². The lowest BCUT2D eigenvalue weighted by molar-refractivity contribution is -0.132. The molecule has 1 unspecified atom stereocenters. The van der Waals surface area contributed by atoms with E-state index < -0.39 is 35.7 Å². The summed E-state index contributed by atoms with van der Waals surface area (Å²) in [4.78, 5) is 40.9. The Morgan fingerprint density at radius 2 is 1.68 bits per heavy atom. The Balaban J connectivity index is 1.90. The van der Waals surface area contributed by atoms with Gasteiger partial charge >= 0.3 is 6.09 Å². The molecule has 0 aromatic heterocycles. The number of para-hydroxylation sites is 1. The molecule has 3 N–H and O–H groups in total. The standard InChI is InChI=1S/C21H22F2N4O4/c22-15-11-14(12-16(23)13-15)20(29)26-9-4-10-27(19(26)18(28)25-8-7-24)21(30)31-17-5-2-1-3-6-17/h1-3,5-6,11-13,19H,4,7-10,24H2,(H,25,28). The first-order chi connectivity index (χ1) is 14.9. The first kappa shape index (κ1) is 22.2. The molecule has 164 valence electrons. The Hall–Kier alpha value is -3.53. The summed E-state index contributed by atoms with van der Waals surface area (Å²) in [7, 11) is 0. The van der Waals surface area contributed by atoms with Gasteiger partial charge in [0.25, 0.3) is 11.8 Å². The van der Waals surface area contributed by atoms with Gasteiger partial charge in [0.05, 0.1) is 0 Å². The summed E-state index contributed by atoms with van der Waals surface area (Å²) in [6.07, 6.45) is -1.86. The molecular weight excluding hydrogens is 410 g/mol. The molecule has 1 fully saturated rings. The van der Waals surface area contributed by atoms with Crippen LogP contribution in [0.1, 0.15) is 16.8 Å². The second-order valence-electron chi connectivity index (χ2n) is 6.84. The largest absolute Gasteiger partial charge is 0.417 e. The Bertz CT molecular complexity index is 937. The molecule has 0 spiro atoms. The highest BCUT2D eigenvalue weighted by Crippen LogP contribution is 2.21. The van der Waals surface area contributed by atoms with Gasteiger partial charge in [0.15, 0.2) is 6.17 Å². The van der Waals surface area contributed by atoms with Crippen molar-refractivity contribution in [3.8, 4) is 5.75 Å². The summed E-state index contributed by atoms with van der Waals surface area (Å²) >= 11 is 0. The third kappa shape index (κ3) is 5.34. The van der Waals surface area contributed by atoms with E-state index in [9.17, 15) is 23.2 Å². The second kappa shape index (κ2) is 9.98. The van der Waals surface area contributed by atoms with Gasteiger partial charge in [-0.05, 0) is 30.7 Å². The maximum absolute atomic E-state index is 13.6. The molecule has 3 rings (SSSR count). The molecule has 31 heavy (non-hydrogen) atoms. The first-order valence-electron chi connectivity index (χ1n) is 9.69. The van der Waals surface area contributed by atoms with E-state index >= 15 is 0 Å². The lowest BCUT2D eigenvalue weighted by Crippen LogP contribution is -2.64. The maximum Gasteiger partial charge on any atom is 0.417 e. The van der Waals surface area contributed by atoms with Gasteiger partial charge in [-0.2, -0.15) is 0 Å². The highest BCUT2D eigenvalue weighted by Gasteiger charge is 2.41. The van der Waals surface area contributed by atoms with Gasteiger partial charge in [-0.15, -0.1) is 0 Å². The summed E-state index contributed by atoms with van der Waals surface area (Å²) < 4.78 is 32.6. The minimum atomic E-state index is -1.37. The molecule has 1 aliphatic rings. The zero-order chi connectivity index (χ0) is 22.4. The van der Waals surface area contributed by atoms with E-state index in [0.717, 1.165) is 21.9 Å². The van der Waals surface area contributed by atoms with E-state index in [1.807, 2.05) is 0 Å². The fourth-order valence-corrected chi connectivity index (χ4v) is 3.29. The van der Waals surface area contributed by atoms with Crippen LogP contribution in [0.5, 0.6) is 5.75 Å². The van der Waals surface area contributed by atoms with Crippen molar-refractivity contribution < 1.29 is 27.9 Å². The van der Waals surface area contributed by atoms with Crippen molar-refractivity contribution in [1.82, 2.24) is 15.1 Å². The molecule has 3 amide bonds. The number of hydrogen-bond acceptors (Lipinski definition) is 5. The predicted octanol–water partition coefficient (Wildman–Crippen LogP) is 1.71. The summed E-state index contributed by atoms with van der Waals surface area (Å²) in [6, 6.07) is 10.6. The van der Waals surface area contributed by atoms with Crippen LogP contribution in [0.15, 0.2) is 48.5 Å². The van der Waals surface area contributed by atoms with Crippen molar-refractivity contribution in [2.75, 3.05) is 26.2 Å². The fraction of sp³-hybridized carbons (Fsp3) is 0.286. The van der Waals surface area contributed by atoms with Gasteiger partial charge in [0.1, 0.15) is 17.4 Å². The average molecular weight is 432 g/mol. The van der Waals surface area contributed by atoms with Crippen LogP contribution in [0.3, 0.4) is 0 Å². The van der Waals surface area contributed by atoms with Gasteiger partial charge in [0, 0.05) is 37.8 Å². The van der Waals surface area contributed by atoms with Crippen LogP contribution < -0.4 is 15.8 Å². The molecule has 0 radical (unpaired) electrons. The quantitative estimate of drug-likeness (QED) is 0.749. The van der Waals surface area contributed by atoms with Crippen LogP contribution in [0, 0.1) is 11.6 Å². The van der Waals surface area contributed by atoms with Crippen molar-refractivity contribution >= 4 is 17.9 Å². The van der Waals surface area contributed by atoms with Crippen molar-refractivity contribution in [3.05, 3.63) is 65.7 Å². The molecule has 0 bridgehead atoms. The number of amides is 3. The minimum absolute atomic E-state index is 0.104. The van der Waals surface area contributed by atoms with Crippen molar-refractivity contribution in [2.24, 2.45) is 5.73 Å². The molecule has 0 saturated carbocycles. The minimum Gasteiger partial charge on any atom is -0.410 e. The maximum atomic E-state index is 13.6. The molecule has 8 nitrogen and oxygen atoms in total. The average Bonchev–Trinajstić information content (AvgIpc) is 2.76. The molecular formula is C21H22F2N4O4. The predicted molar refractivity (Wildman–Crippen MR) is 107 cm³/mol. The number of nitrogens with zero attached hydrogens (tertiary/aromatic N) is 2. The number of benzene rings is 2. The zero-order valence-corrected chi connectivity index (χ0v) is 16.6. The van der Waals surface area contributed by atoms with E-state index in [-0.39, 0.29) is 37.5 Å². The monoisotopic (exact) mass is 432 g/mol. The second-order valence-corrected chi connectivity index (χ2v) is 6.84. The third-order valence-electron chi connectivity index (χ3n) is 4.62. The van der Waals surface area contributed by atoms with Gasteiger partial charge in [-0.25, -0.2) is 13.6 Å².